The molecule has 0 fully saturated rings. The lowest BCUT2D eigenvalue weighted by Gasteiger charge is -2.17. The molecule has 0 bridgehead atoms. The van der Waals surface area contributed by atoms with Gasteiger partial charge in [-0.2, -0.15) is 15.3 Å². The summed E-state index contributed by atoms with van der Waals surface area (Å²) < 4.78 is 3.20. The molecule has 5 nitrogen and oxygen atoms in total. The summed E-state index contributed by atoms with van der Waals surface area (Å²) in [5.41, 5.74) is 3.47. The molecule has 0 aliphatic carbocycles. The van der Waals surface area contributed by atoms with Gasteiger partial charge in [0.1, 0.15) is 0 Å². The molecule has 0 aliphatic heterocycles. The Morgan fingerprint density at radius 2 is 2.15 bits per heavy atom. The van der Waals surface area contributed by atoms with E-state index in [0.29, 0.717) is 0 Å². The number of nitrogens with one attached hydrogen (secondary N) is 1. The molecule has 2 aromatic rings. The molecule has 108 valence electrons. The van der Waals surface area contributed by atoms with Crippen molar-refractivity contribution in [3.8, 4) is 0 Å². The van der Waals surface area contributed by atoms with Gasteiger partial charge in [0.25, 0.3) is 0 Å². The van der Waals surface area contributed by atoms with E-state index >= 15 is 0 Å². The fourth-order valence-electron chi connectivity index (χ4n) is 2.30. The maximum Gasteiger partial charge on any atom is 0.0766 e. The standard InChI is InChI=1S/C14H20BrN5/c1-4-11-14(15)13(20(5-2)19-11)8-12(16-3)10-6-7-17-18-9-10/h6-7,9,12,16H,4-5,8H2,1-3H3. The monoisotopic (exact) mass is 337 g/mol. The van der Waals surface area contributed by atoms with Crippen LogP contribution >= 0.6 is 15.9 Å². The Morgan fingerprint density at radius 3 is 2.70 bits per heavy atom. The van der Waals surface area contributed by atoms with E-state index < -0.39 is 0 Å². The molecule has 0 radical (unpaired) electrons. The highest BCUT2D eigenvalue weighted by atomic mass is 79.9. The average molecular weight is 338 g/mol. The van der Waals surface area contributed by atoms with Crippen molar-refractivity contribution in [2.45, 2.75) is 39.3 Å². The van der Waals surface area contributed by atoms with E-state index in [0.717, 1.165) is 35.1 Å². The zero-order chi connectivity index (χ0) is 14.5. The Hall–Kier alpha value is -1.27. The van der Waals surface area contributed by atoms with Crippen LogP contribution in [-0.2, 0) is 19.4 Å². The average Bonchev–Trinajstić information content (AvgIpc) is 2.81. The highest BCUT2D eigenvalue weighted by molar-refractivity contribution is 9.10. The van der Waals surface area contributed by atoms with Crippen LogP contribution in [0.2, 0.25) is 0 Å². The first kappa shape index (κ1) is 15.1. The molecule has 2 aromatic heterocycles. The van der Waals surface area contributed by atoms with E-state index in [-0.39, 0.29) is 6.04 Å². The lowest BCUT2D eigenvalue weighted by Crippen LogP contribution is -2.21. The number of hydrogen-bond donors (Lipinski definition) is 1. The highest BCUT2D eigenvalue weighted by Gasteiger charge is 2.19. The Bertz CT molecular complexity index is 552. The van der Waals surface area contributed by atoms with Gasteiger partial charge in [0, 0.05) is 25.2 Å². The van der Waals surface area contributed by atoms with Crippen molar-refractivity contribution in [1.29, 1.82) is 0 Å². The minimum absolute atomic E-state index is 0.202. The molecule has 6 heteroatoms. The second kappa shape index (κ2) is 6.95. The van der Waals surface area contributed by atoms with Gasteiger partial charge < -0.3 is 5.32 Å². The molecule has 1 N–H and O–H groups in total. The van der Waals surface area contributed by atoms with E-state index in [2.05, 4.69) is 55.1 Å². The molecular weight excluding hydrogens is 318 g/mol. The first-order valence-corrected chi connectivity index (χ1v) is 7.68. The van der Waals surface area contributed by atoms with Crippen molar-refractivity contribution < 1.29 is 0 Å². The van der Waals surface area contributed by atoms with E-state index in [4.69, 9.17) is 0 Å². The van der Waals surface area contributed by atoms with E-state index in [1.54, 1.807) is 6.20 Å². The fourth-order valence-corrected chi connectivity index (χ4v) is 3.03. The molecule has 1 unspecified atom stereocenters. The van der Waals surface area contributed by atoms with Crippen LogP contribution < -0.4 is 5.32 Å². The van der Waals surface area contributed by atoms with Gasteiger partial charge >= 0.3 is 0 Å². The van der Waals surface area contributed by atoms with E-state index in [1.165, 1.54) is 5.69 Å². The van der Waals surface area contributed by atoms with Crippen molar-refractivity contribution in [1.82, 2.24) is 25.3 Å². The Morgan fingerprint density at radius 1 is 1.35 bits per heavy atom. The SMILES string of the molecule is CCc1nn(CC)c(CC(NC)c2ccnnc2)c1Br. The number of aryl methyl sites for hydroxylation is 2. The molecule has 0 aliphatic rings. The largest absolute Gasteiger partial charge is 0.313 e. The number of nitrogens with zero attached hydrogens (tertiary/aromatic N) is 4. The Labute approximate surface area is 127 Å². The van der Waals surface area contributed by atoms with Crippen LogP contribution in [-0.4, -0.2) is 27.0 Å². The number of halogens is 1. The van der Waals surface area contributed by atoms with Crippen molar-refractivity contribution in [3.63, 3.8) is 0 Å². The van der Waals surface area contributed by atoms with Crippen LogP contribution in [0, 0.1) is 0 Å². The summed E-state index contributed by atoms with van der Waals surface area (Å²) in [4.78, 5) is 0. The Balaban J connectivity index is 2.30. The lowest BCUT2D eigenvalue weighted by molar-refractivity contribution is 0.537. The molecule has 0 saturated heterocycles. The van der Waals surface area contributed by atoms with Crippen molar-refractivity contribution in [2.75, 3.05) is 7.05 Å². The number of hydrogen-bond acceptors (Lipinski definition) is 4. The van der Waals surface area contributed by atoms with Crippen LogP contribution in [0.15, 0.2) is 22.9 Å². The number of aromatic nitrogens is 4. The van der Waals surface area contributed by atoms with Gasteiger partial charge in [0.15, 0.2) is 0 Å². The summed E-state index contributed by atoms with van der Waals surface area (Å²) >= 11 is 3.69. The van der Waals surface area contributed by atoms with Gasteiger partial charge in [0.2, 0.25) is 0 Å². The van der Waals surface area contributed by atoms with Crippen LogP contribution in [0.1, 0.15) is 36.8 Å². The summed E-state index contributed by atoms with van der Waals surface area (Å²) in [6.07, 6.45) is 5.33. The summed E-state index contributed by atoms with van der Waals surface area (Å²) in [6.45, 7) is 5.11. The van der Waals surface area contributed by atoms with Crippen LogP contribution in [0.5, 0.6) is 0 Å². The maximum absolute atomic E-state index is 4.64. The normalized spacial score (nSPS) is 12.6. The minimum Gasteiger partial charge on any atom is -0.313 e. The molecule has 0 aromatic carbocycles. The van der Waals surface area contributed by atoms with E-state index in [9.17, 15) is 0 Å². The van der Waals surface area contributed by atoms with Crippen LogP contribution in [0.25, 0.3) is 0 Å². The third-order valence-corrected chi connectivity index (χ3v) is 4.36. The molecule has 20 heavy (non-hydrogen) atoms. The molecule has 2 rings (SSSR count). The van der Waals surface area contributed by atoms with Crippen molar-refractivity contribution in [3.05, 3.63) is 39.9 Å². The second-order valence-corrected chi connectivity index (χ2v) is 5.39. The van der Waals surface area contributed by atoms with Crippen LogP contribution in [0.4, 0.5) is 0 Å². The predicted octanol–water partition coefficient (Wildman–Crippen LogP) is 2.52. The highest BCUT2D eigenvalue weighted by Crippen LogP contribution is 2.27. The summed E-state index contributed by atoms with van der Waals surface area (Å²) in [6, 6.07) is 2.20. The molecule has 2 heterocycles. The predicted molar refractivity (Wildman–Crippen MR) is 82.5 cm³/mol. The van der Waals surface area contributed by atoms with Gasteiger partial charge in [0.05, 0.1) is 22.1 Å². The third kappa shape index (κ3) is 3.07. The first-order valence-electron chi connectivity index (χ1n) is 6.89. The van der Waals surface area contributed by atoms with Crippen LogP contribution in [0.3, 0.4) is 0 Å². The quantitative estimate of drug-likeness (QED) is 0.879. The molecule has 0 amide bonds. The first-order chi connectivity index (χ1) is 9.71. The topological polar surface area (TPSA) is 55.6 Å². The van der Waals surface area contributed by atoms with E-state index in [1.807, 2.05) is 19.3 Å². The second-order valence-electron chi connectivity index (χ2n) is 4.60. The fraction of sp³-hybridized carbons (Fsp3) is 0.500. The smallest absolute Gasteiger partial charge is 0.0766 e. The van der Waals surface area contributed by atoms with Gasteiger partial charge in [-0.05, 0) is 48.0 Å². The number of rotatable bonds is 6. The zero-order valence-corrected chi connectivity index (χ0v) is 13.7. The maximum atomic E-state index is 4.64. The van der Waals surface area contributed by atoms with Gasteiger partial charge in [-0.25, -0.2) is 0 Å². The molecule has 1 atom stereocenters. The molecule has 0 spiro atoms. The zero-order valence-electron chi connectivity index (χ0n) is 12.1. The van der Waals surface area contributed by atoms with Gasteiger partial charge in [-0.15, -0.1) is 0 Å². The summed E-state index contributed by atoms with van der Waals surface area (Å²) in [7, 11) is 1.96. The Kier molecular flexibility index (Phi) is 5.25. The summed E-state index contributed by atoms with van der Waals surface area (Å²) in [5, 5.41) is 15.8. The molecule has 0 saturated carbocycles. The third-order valence-electron chi connectivity index (χ3n) is 3.45. The lowest BCUT2D eigenvalue weighted by atomic mass is 10.0. The number of likely N-dealkylation sites (N-methyl/N-ethyl adjacent to an activating group) is 1. The van der Waals surface area contributed by atoms with Gasteiger partial charge in [-0.3, -0.25) is 4.68 Å². The molecular formula is C14H20BrN5. The van der Waals surface area contributed by atoms with Crippen molar-refractivity contribution >= 4 is 15.9 Å². The minimum atomic E-state index is 0.202. The summed E-state index contributed by atoms with van der Waals surface area (Å²) in [5.74, 6) is 0. The van der Waals surface area contributed by atoms with Gasteiger partial charge in [-0.1, -0.05) is 6.92 Å². The van der Waals surface area contributed by atoms with Crippen molar-refractivity contribution in [2.24, 2.45) is 0 Å².